The van der Waals surface area contributed by atoms with Gasteiger partial charge in [-0.25, -0.2) is 4.68 Å². The Balaban J connectivity index is 2.05. The zero-order valence-corrected chi connectivity index (χ0v) is 14.8. The van der Waals surface area contributed by atoms with Crippen molar-refractivity contribution in [1.29, 1.82) is 0 Å². The summed E-state index contributed by atoms with van der Waals surface area (Å²) in [4.78, 5) is 25.5. The molecule has 3 aromatic rings. The van der Waals surface area contributed by atoms with Crippen LogP contribution in [0.3, 0.4) is 0 Å². The summed E-state index contributed by atoms with van der Waals surface area (Å²) in [5, 5.41) is 8.24. The molecule has 0 radical (unpaired) electrons. The number of hydrogen-bond donors (Lipinski definition) is 1. The Kier molecular flexibility index (Phi) is 5.43. The highest BCUT2D eigenvalue weighted by atomic mass is 16.5. The second kappa shape index (κ2) is 7.93. The number of rotatable bonds is 6. The van der Waals surface area contributed by atoms with Crippen LogP contribution in [0.25, 0.3) is 10.8 Å². The van der Waals surface area contributed by atoms with Crippen molar-refractivity contribution < 1.29 is 9.53 Å². The van der Waals surface area contributed by atoms with Gasteiger partial charge in [-0.2, -0.15) is 5.10 Å². The maximum atomic E-state index is 12.8. The molecular formula is C20H21N3O3. The monoisotopic (exact) mass is 351 g/mol. The summed E-state index contributed by atoms with van der Waals surface area (Å²) in [7, 11) is 1.58. The second-order valence-corrected chi connectivity index (χ2v) is 6.17. The Morgan fingerprint density at radius 3 is 2.46 bits per heavy atom. The fraction of sp³-hybridized carbons (Fsp3) is 0.250. The van der Waals surface area contributed by atoms with E-state index in [1.54, 1.807) is 31.4 Å². The molecule has 1 atom stereocenters. The molecule has 6 heteroatoms. The zero-order chi connectivity index (χ0) is 18.5. The summed E-state index contributed by atoms with van der Waals surface area (Å²) >= 11 is 0. The van der Waals surface area contributed by atoms with Gasteiger partial charge >= 0.3 is 0 Å². The molecule has 1 heterocycles. The first kappa shape index (κ1) is 17.8. The molecule has 1 amide bonds. The fourth-order valence-electron chi connectivity index (χ4n) is 2.85. The summed E-state index contributed by atoms with van der Waals surface area (Å²) in [6.07, 6.45) is 0. The Bertz CT molecular complexity index is 967. The molecule has 0 fully saturated rings. The predicted molar refractivity (Wildman–Crippen MR) is 100 cm³/mol. The first-order chi connectivity index (χ1) is 12.6. The van der Waals surface area contributed by atoms with Gasteiger partial charge in [-0.3, -0.25) is 9.59 Å². The number of aromatic nitrogens is 2. The van der Waals surface area contributed by atoms with Crippen molar-refractivity contribution in [2.75, 3.05) is 13.7 Å². The van der Waals surface area contributed by atoms with Gasteiger partial charge in [0.05, 0.1) is 18.5 Å². The van der Waals surface area contributed by atoms with E-state index in [1.807, 2.05) is 37.3 Å². The van der Waals surface area contributed by atoms with Crippen LogP contribution >= 0.6 is 0 Å². The minimum atomic E-state index is -0.326. The van der Waals surface area contributed by atoms with Crippen LogP contribution in [0, 0.1) is 0 Å². The van der Waals surface area contributed by atoms with E-state index in [9.17, 15) is 9.59 Å². The van der Waals surface area contributed by atoms with Crippen LogP contribution < -0.4 is 10.9 Å². The predicted octanol–water partition coefficient (Wildman–Crippen LogP) is 2.21. The molecule has 0 unspecified atom stereocenters. The molecule has 134 valence electrons. The number of hydrogen-bond acceptors (Lipinski definition) is 4. The summed E-state index contributed by atoms with van der Waals surface area (Å²) in [6.45, 7) is 2.55. The quantitative estimate of drug-likeness (QED) is 0.739. The first-order valence-electron chi connectivity index (χ1n) is 8.43. The minimum Gasteiger partial charge on any atom is -0.383 e. The number of ether oxygens (including phenoxy) is 1. The van der Waals surface area contributed by atoms with Crippen molar-refractivity contribution in [2.24, 2.45) is 0 Å². The average molecular weight is 351 g/mol. The Labute approximate surface area is 151 Å². The summed E-state index contributed by atoms with van der Waals surface area (Å²) in [5.74, 6) is -0.326. The van der Waals surface area contributed by atoms with Gasteiger partial charge in [0.25, 0.3) is 11.5 Å². The van der Waals surface area contributed by atoms with Crippen molar-refractivity contribution in [2.45, 2.75) is 19.5 Å². The Morgan fingerprint density at radius 2 is 1.77 bits per heavy atom. The van der Waals surface area contributed by atoms with Crippen molar-refractivity contribution in [3.63, 3.8) is 0 Å². The van der Waals surface area contributed by atoms with Crippen LogP contribution in [0.4, 0.5) is 0 Å². The minimum absolute atomic E-state index is 0.164. The molecule has 0 bridgehead atoms. The second-order valence-electron chi connectivity index (χ2n) is 6.17. The lowest BCUT2D eigenvalue weighted by Gasteiger charge is -2.15. The summed E-state index contributed by atoms with van der Waals surface area (Å²) in [6, 6.07) is 16.4. The van der Waals surface area contributed by atoms with E-state index in [2.05, 4.69) is 10.4 Å². The summed E-state index contributed by atoms with van der Waals surface area (Å²) < 4.78 is 6.40. The molecule has 0 spiro atoms. The van der Waals surface area contributed by atoms with Crippen LogP contribution in [0.15, 0.2) is 59.4 Å². The molecule has 26 heavy (non-hydrogen) atoms. The third-order valence-corrected chi connectivity index (χ3v) is 4.05. The van der Waals surface area contributed by atoms with Gasteiger partial charge in [-0.1, -0.05) is 48.5 Å². The molecule has 1 N–H and O–H groups in total. The summed E-state index contributed by atoms with van der Waals surface area (Å²) in [5.41, 5.74) is 0.960. The molecule has 1 aromatic heterocycles. The number of nitrogens with one attached hydrogen (secondary N) is 1. The fourth-order valence-corrected chi connectivity index (χ4v) is 2.85. The number of methoxy groups -OCH3 is 1. The standard InChI is InChI=1S/C20H21N3O3/c1-14(13-26-2)21-19(24)18-16-10-6-7-11-17(16)20(25)23(22-18)12-15-8-4-3-5-9-15/h3-11,14H,12-13H2,1-2H3,(H,21,24)/t14-/m1/s1. The maximum absolute atomic E-state index is 12.8. The van der Waals surface area contributed by atoms with Crippen LogP contribution in [0.1, 0.15) is 23.0 Å². The topological polar surface area (TPSA) is 73.2 Å². The van der Waals surface area contributed by atoms with Gasteiger partial charge in [-0.05, 0) is 18.6 Å². The SMILES string of the molecule is COC[C@@H](C)NC(=O)c1nn(Cc2ccccc2)c(=O)c2ccccc12. The number of nitrogens with zero attached hydrogens (tertiary/aromatic N) is 2. The lowest BCUT2D eigenvalue weighted by Crippen LogP contribution is -2.37. The van der Waals surface area contributed by atoms with Gasteiger partial charge in [0.1, 0.15) is 0 Å². The molecule has 3 rings (SSSR count). The van der Waals surface area contributed by atoms with E-state index in [-0.39, 0.29) is 23.2 Å². The lowest BCUT2D eigenvalue weighted by molar-refractivity contribution is 0.0900. The first-order valence-corrected chi connectivity index (χ1v) is 8.43. The lowest BCUT2D eigenvalue weighted by atomic mass is 10.1. The highest BCUT2D eigenvalue weighted by Gasteiger charge is 2.18. The van der Waals surface area contributed by atoms with Gasteiger partial charge in [0.15, 0.2) is 5.69 Å². The van der Waals surface area contributed by atoms with E-state index in [4.69, 9.17) is 4.74 Å². The molecular weight excluding hydrogens is 330 g/mol. The number of carbonyl (C=O) groups excluding carboxylic acids is 1. The third-order valence-electron chi connectivity index (χ3n) is 4.05. The van der Waals surface area contributed by atoms with Crippen LogP contribution in [0.2, 0.25) is 0 Å². The number of benzene rings is 2. The third kappa shape index (κ3) is 3.81. The zero-order valence-electron chi connectivity index (χ0n) is 14.8. The van der Waals surface area contributed by atoms with E-state index < -0.39 is 0 Å². The Hall–Kier alpha value is -2.99. The maximum Gasteiger partial charge on any atom is 0.274 e. The normalized spacial score (nSPS) is 12.1. The van der Waals surface area contributed by atoms with Crippen molar-refractivity contribution in [3.8, 4) is 0 Å². The molecule has 0 aliphatic carbocycles. The van der Waals surface area contributed by atoms with E-state index in [0.29, 0.717) is 23.9 Å². The largest absolute Gasteiger partial charge is 0.383 e. The van der Waals surface area contributed by atoms with E-state index >= 15 is 0 Å². The van der Waals surface area contributed by atoms with Crippen molar-refractivity contribution in [3.05, 3.63) is 76.2 Å². The number of amides is 1. The molecule has 0 aliphatic heterocycles. The van der Waals surface area contributed by atoms with E-state index in [1.165, 1.54) is 4.68 Å². The average Bonchev–Trinajstić information content (AvgIpc) is 2.65. The van der Waals surface area contributed by atoms with Crippen molar-refractivity contribution >= 4 is 16.7 Å². The number of carbonyl (C=O) groups is 1. The van der Waals surface area contributed by atoms with Gasteiger partial charge in [0.2, 0.25) is 0 Å². The van der Waals surface area contributed by atoms with Crippen LogP contribution in [-0.4, -0.2) is 35.4 Å². The molecule has 2 aromatic carbocycles. The highest BCUT2D eigenvalue weighted by Crippen LogP contribution is 2.14. The van der Waals surface area contributed by atoms with Gasteiger partial charge < -0.3 is 10.1 Å². The molecule has 0 saturated carbocycles. The molecule has 6 nitrogen and oxygen atoms in total. The van der Waals surface area contributed by atoms with E-state index in [0.717, 1.165) is 5.56 Å². The number of fused-ring (bicyclic) bond motifs is 1. The highest BCUT2D eigenvalue weighted by molar-refractivity contribution is 6.04. The molecule has 0 saturated heterocycles. The van der Waals surface area contributed by atoms with Gasteiger partial charge in [0, 0.05) is 18.5 Å². The van der Waals surface area contributed by atoms with Crippen LogP contribution in [-0.2, 0) is 11.3 Å². The van der Waals surface area contributed by atoms with Gasteiger partial charge in [-0.15, -0.1) is 0 Å². The van der Waals surface area contributed by atoms with Crippen LogP contribution in [0.5, 0.6) is 0 Å². The Morgan fingerprint density at radius 1 is 1.12 bits per heavy atom. The van der Waals surface area contributed by atoms with Crippen molar-refractivity contribution in [1.82, 2.24) is 15.1 Å². The smallest absolute Gasteiger partial charge is 0.274 e. The molecule has 0 aliphatic rings.